The Morgan fingerprint density at radius 1 is 1.61 bits per heavy atom. The third-order valence-electron chi connectivity index (χ3n) is 2.79. The van der Waals surface area contributed by atoms with Crippen LogP contribution in [-0.4, -0.2) is 36.7 Å². The summed E-state index contributed by atoms with van der Waals surface area (Å²) in [5.41, 5.74) is 0.515. The molecule has 1 aliphatic heterocycles. The molecule has 6 nitrogen and oxygen atoms in total. The summed E-state index contributed by atoms with van der Waals surface area (Å²) < 4.78 is 32.9. The third-order valence-corrected chi connectivity index (χ3v) is 4.29. The van der Waals surface area contributed by atoms with Crippen LogP contribution in [0.4, 0.5) is 5.69 Å². The summed E-state index contributed by atoms with van der Waals surface area (Å²) in [5.74, 6) is 0.129. The molecule has 0 aromatic carbocycles. The molecule has 1 N–H and O–H groups in total. The van der Waals surface area contributed by atoms with E-state index in [2.05, 4.69) is 9.82 Å². The second-order valence-electron chi connectivity index (χ2n) is 4.51. The average molecular weight is 273 g/mol. The van der Waals surface area contributed by atoms with Crippen LogP contribution in [-0.2, 0) is 21.3 Å². The molecule has 0 bridgehead atoms. The van der Waals surface area contributed by atoms with Crippen LogP contribution in [0.5, 0.6) is 0 Å². The quantitative estimate of drug-likeness (QED) is 0.845. The summed E-state index contributed by atoms with van der Waals surface area (Å²) in [6, 6.07) is 0. The number of aromatic nitrogens is 2. The topological polar surface area (TPSA) is 73.2 Å². The van der Waals surface area contributed by atoms with Crippen molar-refractivity contribution in [2.45, 2.75) is 38.8 Å². The van der Waals surface area contributed by atoms with E-state index in [0.29, 0.717) is 18.7 Å². The van der Waals surface area contributed by atoms with Crippen LogP contribution in [0.1, 0.15) is 26.2 Å². The highest BCUT2D eigenvalue weighted by Gasteiger charge is 2.17. The average Bonchev–Trinajstić information content (AvgIpc) is 2.90. The normalized spacial score (nSPS) is 20.2. The molecule has 1 aliphatic rings. The van der Waals surface area contributed by atoms with E-state index in [9.17, 15) is 8.42 Å². The van der Waals surface area contributed by atoms with Crippen LogP contribution in [0.2, 0.25) is 0 Å². The maximum Gasteiger partial charge on any atom is 0.232 e. The van der Waals surface area contributed by atoms with Gasteiger partial charge < -0.3 is 4.74 Å². The molecule has 18 heavy (non-hydrogen) atoms. The fraction of sp³-hybridized carbons (Fsp3) is 0.727. The highest BCUT2D eigenvalue weighted by atomic mass is 32.2. The smallest absolute Gasteiger partial charge is 0.232 e. The predicted molar refractivity (Wildman–Crippen MR) is 68.9 cm³/mol. The number of anilines is 1. The summed E-state index contributed by atoms with van der Waals surface area (Å²) in [6.45, 7) is 3.32. The zero-order valence-corrected chi connectivity index (χ0v) is 11.3. The zero-order valence-electron chi connectivity index (χ0n) is 10.5. The van der Waals surface area contributed by atoms with Crippen molar-refractivity contribution in [3.05, 3.63) is 12.4 Å². The van der Waals surface area contributed by atoms with Gasteiger partial charge in [0.1, 0.15) is 0 Å². The minimum absolute atomic E-state index is 0.129. The van der Waals surface area contributed by atoms with Crippen molar-refractivity contribution in [1.29, 1.82) is 0 Å². The molecule has 1 saturated heterocycles. The van der Waals surface area contributed by atoms with E-state index in [0.717, 1.165) is 19.4 Å². The van der Waals surface area contributed by atoms with Crippen LogP contribution in [0, 0.1) is 0 Å². The summed E-state index contributed by atoms with van der Waals surface area (Å²) >= 11 is 0. The Labute approximate surface area is 107 Å². The lowest BCUT2D eigenvalue weighted by atomic mass is 10.2. The Bertz CT molecular complexity index is 477. The van der Waals surface area contributed by atoms with Gasteiger partial charge in [0.25, 0.3) is 0 Å². The number of ether oxygens (including phenoxy) is 1. The van der Waals surface area contributed by atoms with E-state index in [1.807, 2.05) is 6.92 Å². The number of hydrogen-bond acceptors (Lipinski definition) is 4. The van der Waals surface area contributed by atoms with Gasteiger partial charge in [0, 0.05) is 12.8 Å². The SMILES string of the molecule is CCCS(=O)(=O)Nc1cnn(CC2CCCO2)c1. The highest BCUT2D eigenvalue weighted by Crippen LogP contribution is 2.15. The molecule has 2 rings (SSSR count). The lowest BCUT2D eigenvalue weighted by Crippen LogP contribution is -2.16. The Hall–Kier alpha value is -1.08. The number of nitrogens with zero attached hydrogens (tertiary/aromatic N) is 2. The monoisotopic (exact) mass is 273 g/mol. The van der Waals surface area contributed by atoms with Gasteiger partial charge in [-0.25, -0.2) is 8.42 Å². The fourth-order valence-electron chi connectivity index (χ4n) is 2.01. The van der Waals surface area contributed by atoms with Gasteiger partial charge in [0.05, 0.1) is 30.3 Å². The molecule has 1 fully saturated rings. The maximum atomic E-state index is 11.6. The van der Waals surface area contributed by atoms with Gasteiger partial charge in [-0.2, -0.15) is 5.10 Å². The first-order valence-corrected chi connectivity index (χ1v) is 7.89. The molecule has 0 amide bonds. The number of sulfonamides is 1. The number of hydrogen-bond donors (Lipinski definition) is 1. The largest absolute Gasteiger partial charge is 0.376 e. The fourth-order valence-corrected chi connectivity index (χ4v) is 3.12. The first kappa shape index (κ1) is 13.4. The van der Waals surface area contributed by atoms with Crippen molar-refractivity contribution in [3.63, 3.8) is 0 Å². The van der Waals surface area contributed by atoms with Crippen LogP contribution in [0.25, 0.3) is 0 Å². The molecule has 1 aromatic heterocycles. The molecule has 1 atom stereocenters. The van der Waals surface area contributed by atoms with Crippen molar-refractivity contribution >= 4 is 15.7 Å². The molecule has 0 aliphatic carbocycles. The molecule has 7 heteroatoms. The molecule has 102 valence electrons. The summed E-state index contributed by atoms with van der Waals surface area (Å²) in [7, 11) is -3.23. The first-order valence-electron chi connectivity index (χ1n) is 6.23. The summed E-state index contributed by atoms with van der Waals surface area (Å²) in [4.78, 5) is 0. The Morgan fingerprint density at radius 3 is 3.11 bits per heavy atom. The van der Waals surface area contributed by atoms with E-state index in [1.165, 1.54) is 6.20 Å². The van der Waals surface area contributed by atoms with E-state index in [4.69, 9.17) is 4.74 Å². The van der Waals surface area contributed by atoms with E-state index < -0.39 is 10.0 Å². The molecule has 0 radical (unpaired) electrons. The maximum absolute atomic E-state index is 11.6. The van der Waals surface area contributed by atoms with Crippen molar-refractivity contribution in [3.8, 4) is 0 Å². The van der Waals surface area contributed by atoms with Crippen molar-refractivity contribution in [2.24, 2.45) is 0 Å². The van der Waals surface area contributed by atoms with E-state index >= 15 is 0 Å². The van der Waals surface area contributed by atoms with Crippen LogP contribution < -0.4 is 4.72 Å². The molecule has 1 unspecified atom stereocenters. The third kappa shape index (κ3) is 3.71. The minimum atomic E-state index is -3.23. The van der Waals surface area contributed by atoms with E-state index in [-0.39, 0.29) is 11.9 Å². The van der Waals surface area contributed by atoms with Crippen LogP contribution in [0.3, 0.4) is 0 Å². The van der Waals surface area contributed by atoms with Crippen molar-refractivity contribution in [1.82, 2.24) is 9.78 Å². The van der Waals surface area contributed by atoms with Gasteiger partial charge in [-0.05, 0) is 19.3 Å². The van der Waals surface area contributed by atoms with E-state index in [1.54, 1.807) is 10.9 Å². The van der Waals surface area contributed by atoms with Crippen molar-refractivity contribution < 1.29 is 13.2 Å². The van der Waals surface area contributed by atoms with Gasteiger partial charge in [-0.15, -0.1) is 0 Å². The molecule has 1 aromatic rings. The Balaban J connectivity index is 1.93. The van der Waals surface area contributed by atoms with Gasteiger partial charge in [0.15, 0.2) is 0 Å². The van der Waals surface area contributed by atoms with Crippen LogP contribution in [0.15, 0.2) is 12.4 Å². The van der Waals surface area contributed by atoms with Gasteiger partial charge >= 0.3 is 0 Å². The van der Waals surface area contributed by atoms with Crippen molar-refractivity contribution in [2.75, 3.05) is 17.1 Å². The van der Waals surface area contributed by atoms with Gasteiger partial charge in [-0.1, -0.05) is 6.92 Å². The molecular weight excluding hydrogens is 254 g/mol. The van der Waals surface area contributed by atoms with Gasteiger partial charge in [-0.3, -0.25) is 9.40 Å². The minimum Gasteiger partial charge on any atom is -0.376 e. The highest BCUT2D eigenvalue weighted by molar-refractivity contribution is 7.92. The summed E-state index contributed by atoms with van der Waals surface area (Å²) in [5, 5.41) is 4.13. The van der Waals surface area contributed by atoms with Crippen LogP contribution >= 0.6 is 0 Å². The first-order chi connectivity index (χ1) is 8.59. The van der Waals surface area contributed by atoms with Gasteiger partial charge in [0.2, 0.25) is 10.0 Å². The lowest BCUT2D eigenvalue weighted by molar-refractivity contribution is 0.0940. The Kier molecular flexibility index (Phi) is 4.23. The standard InChI is InChI=1S/C11H19N3O3S/c1-2-6-18(15,16)13-10-7-12-14(8-10)9-11-4-3-5-17-11/h7-8,11,13H,2-6,9H2,1H3. The zero-order chi connectivity index (χ0) is 13.0. The lowest BCUT2D eigenvalue weighted by Gasteiger charge is -2.08. The number of nitrogens with one attached hydrogen (secondary N) is 1. The second-order valence-corrected chi connectivity index (χ2v) is 6.35. The number of rotatable bonds is 6. The molecule has 0 spiro atoms. The molecule has 2 heterocycles. The molecular formula is C11H19N3O3S. The second kappa shape index (κ2) is 5.71. The Morgan fingerprint density at radius 2 is 2.44 bits per heavy atom. The summed E-state index contributed by atoms with van der Waals surface area (Å²) in [6.07, 6.45) is 6.15. The molecule has 0 saturated carbocycles. The predicted octanol–water partition coefficient (Wildman–Crippen LogP) is 1.21.